The zero-order valence-electron chi connectivity index (χ0n) is 17.5. The molecule has 1 atom stereocenters. The number of aromatic nitrogens is 1. The first kappa shape index (κ1) is 20.4. The van der Waals surface area contributed by atoms with Crippen molar-refractivity contribution in [3.8, 4) is 5.75 Å². The number of nitrogens with one attached hydrogen (secondary N) is 1. The third kappa shape index (κ3) is 4.63. The van der Waals surface area contributed by atoms with Crippen molar-refractivity contribution in [2.24, 2.45) is 0 Å². The topological polar surface area (TPSA) is 57.7 Å². The Balaban J connectivity index is 1.42. The summed E-state index contributed by atoms with van der Waals surface area (Å²) in [7, 11) is 5.89. The highest BCUT2D eigenvalue weighted by Gasteiger charge is 2.26. The zero-order chi connectivity index (χ0) is 21.1. The molecule has 1 aliphatic heterocycles. The average molecular weight is 423 g/mol. The second-order valence-electron chi connectivity index (χ2n) is 7.63. The van der Waals surface area contributed by atoms with Crippen molar-refractivity contribution in [2.75, 3.05) is 44.5 Å². The van der Waals surface area contributed by atoms with Gasteiger partial charge in [-0.25, -0.2) is 4.98 Å². The molecule has 3 aromatic rings. The smallest absolute Gasteiger partial charge is 0.248 e. The van der Waals surface area contributed by atoms with E-state index in [9.17, 15) is 4.79 Å². The lowest BCUT2D eigenvalue weighted by Gasteiger charge is -2.19. The second kappa shape index (κ2) is 8.85. The molecule has 7 heteroatoms. The van der Waals surface area contributed by atoms with Gasteiger partial charge in [0, 0.05) is 30.9 Å². The summed E-state index contributed by atoms with van der Waals surface area (Å²) in [6.07, 6.45) is 4.48. The molecule has 1 saturated heterocycles. The van der Waals surface area contributed by atoms with Crippen LogP contribution in [0.4, 0.5) is 10.8 Å². The fraction of sp³-hybridized carbons (Fsp3) is 0.304. The first-order valence-electron chi connectivity index (χ1n) is 9.97. The van der Waals surface area contributed by atoms with Gasteiger partial charge in [0.15, 0.2) is 5.13 Å². The Labute approximate surface area is 180 Å². The van der Waals surface area contributed by atoms with Crippen LogP contribution in [0.15, 0.2) is 48.5 Å². The predicted molar refractivity (Wildman–Crippen MR) is 125 cm³/mol. The minimum Gasteiger partial charge on any atom is -0.497 e. The number of methoxy groups -OCH3 is 1. The van der Waals surface area contributed by atoms with Crippen LogP contribution in [0.25, 0.3) is 16.3 Å². The fourth-order valence-electron chi connectivity index (χ4n) is 3.53. The van der Waals surface area contributed by atoms with E-state index in [0.29, 0.717) is 6.04 Å². The fourth-order valence-corrected chi connectivity index (χ4v) is 4.57. The number of likely N-dealkylation sites (N-methyl/N-ethyl adjacent to an activating group) is 1. The molecule has 0 saturated carbocycles. The molecule has 1 fully saturated rings. The van der Waals surface area contributed by atoms with Gasteiger partial charge in [0.2, 0.25) is 5.91 Å². The minimum atomic E-state index is -0.164. The number of anilines is 2. The van der Waals surface area contributed by atoms with Crippen molar-refractivity contribution in [1.82, 2.24) is 9.88 Å². The number of fused-ring (bicyclic) bond motifs is 1. The number of benzene rings is 2. The van der Waals surface area contributed by atoms with E-state index in [2.05, 4.69) is 29.2 Å². The molecule has 2 heterocycles. The number of hydrogen-bond donors (Lipinski definition) is 1. The van der Waals surface area contributed by atoms with Crippen LogP contribution in [0.5, 0.6) is 5.75 Å². The number of ether oxygens (including phenoxy) is 1. The number of carbonyl (C=O) groups is 1. The Hall–Kier alpha value is -2.90. The van der Waals surface area contributed by atoms with Crippen LogP contribution >= 0.6 is 11.3 Å². The van der Waals surface area contributed by atoms with Crippen molar-refractivity contribution in [1.29, 1.82) is 0 Å². The van der Waals surface area contributed by atoms with Crippen LogP contribution in [0, 0.1) is 0 Å². The molecule has 0 bridgehead atoms. The standard InChI is InChI=1S/C23H26N4O2S/c1-26(2)18-12-13-27(15-18)23-25-20-10-7-17(14-21(20)30-23)24-22(28)11-6-16-4-8-19(29-3)9-5-16/h4-11,14,18H,12-13,15H2,1-3H3,(H,24,28)/t18-/m1/s1. The summed E-state index contributed by atoms with van der Waals surface area (Å²) < 4.78 is 6.23. The minimum absolute atomic E-state index is 0.164. The molecule has 1 aromatic heterocycles. The van der Waals surface area contributed by atoms with Crippen LogP contribution < -0.4 is 15.0 Å². The van der Waals surface area contributed by atoms with Crippen LogP contribution in [-0.4, -0.2) is 56.1 Å². The molecule has 0 aliphatic carbocycles. The summed E-state index contributed by atoms with van der Waals surface area (Å²) in [5.74, 6) is 0.628. The molecule has 1 amide bonds. The predicted octanol–water partition coefficient (Wildman–Crippen LogP) is 4.10. The van der Waals surface area contributed by atoms with Gasteiger partial charge in [0.05, 0.1) is 17.3 Å². The Morgan fingerprint density at radius 3 is 2.77 bits per heavy atom. The van der Waals surface area contributed by atoms with Gasteiger partial charge in [-0.3, -0.25) is 4.79 Å². The highest BCUT2D eigenvalue weighted by Crippen LogP contribution is 2.33. The molecule has 2 aromatic carbocycles. The van der Waals surface area contributed by atoms with E-state index in [-0.39, 0.29) is 5.91 Å². The van der Waals surface area contributed by atoms with Crippen molar-refractivity contribution in [3.05, 3.63) is 54.1 Å². The normalized spacial score (nSPS) is 16.7. The Bertz CT molecular complexity index is 1060. The number of nitrogens with zero attached hydrogens (tertiary/aromatic N) is 3. The molecular formula is C23H26N4O2S. The molecule has 6 nitrogen and oxygen atoms in total. The van der Waals surface area contributed by atoms with Crippen molar-refractivity contribution < 1.29 is 9.53 Å². The number of amides is 1. The first-order chi connectivity index (χ1) is 14.5. The SMILES string of the molecule is COc1ccc(C=CC(=O)Nc2ccc3nc(N4CC[C@@H](N(C)C)C4)sc3c2)cc1. The number of rotatable bonds is 6. The van der Waals surface area contributed by atoms with Gasteiger partial charge < -0.3 is 19.9 Å². The van der Waals surface area contributed by atoms with Gasteiger partial charge in [-0.2, -0.15) is 0 Å². The average Bonchev–Trinajstić information content (AvgIpc) is 3.39. The maximum Gasteiger partial charge on any atom is 0.248 e. The van der Waals surface area contributed by atoms with E-state index < -0.39 is 0 Å². The largest absolute Gasteiger partial charge is 0.497 e. The highest BCUT2D eigenvalue weighted by molar-refractivity contribution is 7.22. The summed E-state index contributed by atoms with van der Waals surface area (Å²) in [6, 6.07) is 14.0. The maximum atomic E-state index is 12.3. The summed E-state index contributed by atoms with van der Waals surface area (Å²) in [5, 5.41) is 3.99. The summed E-state index contributed by atoms with van der Waals surface area (Å²) >= 11 is 1.68. The van der Waals surface area contributed by atoms with Gasteiger partial charge >= 0.3 is 0 Å². The Morgan fingerprint density at radius 1 is 1.27 bits per heavy atom. The molecule has 1 N–H and O–H groups in total. The molecule has 1 aliphatic rings. The van der Waals surface area contributed by atoms with Crippen molar-refractivity contribution in [3.63, 3.8) is 0 Å². The molecule has 30 heavy (non-hydrogen) atoms. The summed E-state index contributed by atoms with van der Waals surface area (Å²) in [5.41, 5.74) is 2.68. The van der Waals surface area contributed by atoms with Crippen LogP contribution in [0.3, 0.4) is 0 Å². The maximum absolute atomic E-state index is 12.3. The van der Waals surface area contributed by atoms with E-state index in [0.717, 1.165) is 51.9 Å². The van der Waals surface area contributed by atoms with E-state index in [4.69, 9.17) is 9.72 Å². The molecule has 0 unspecified atom stereocenters. The van der Waals surface area contributed by atoms with Crippen LogP contribution in [0.2, 0.25) is 0 Å². The lowest BCUT2D eigenvalue weighted by atomic mass is 10.2. The monoisotopic (exact) mass is 422 g/mol. The van der Waals surface area contributed by atoms with Crippen LogP contribution in [-0.2, 0) is 4.79 Å². The number of thiazole rings is 1. The summed E-state index contributed by atoms with van der Waals surface area (Å²) in [4.78, 5) is 21.7. The van der Waals surface area contributed by atoms with E-state index >= 15 is 0 Å². The molecule has 0 radical (unpaired) electrons. The molecule has 156 valence electrons. The molecule has 0 spiro atoms. The Morgan fingerprint density at radius 2 is 2.07 bits per heavy atom. The second-order valence-corrected chi connectivity index (χ2v) is 8.64. The number of carbonyl (C=O) groups excluding carboxylic acids is 1. The van der Waals surface area contributed by atoms with Crippen molar-refractivity contribution >= 4 is 44.4 Å². The molecular weight excluding hydrogens is 396 g/mol. The van der Waals surface area contributed by atoms with Gasteiger partial charge in [-0.05, 0) is 62.5 Å². The lowest BCUT2D eigenvalue weighted by molar-refractivity contribution is -0.111. The lowest BCUT2D eigenvalue weighted by Crippen LogP contribution is -2.31. The van der Waals surface area contributed by atoms with Crippen molar-refractivity contribution in [2.45, 2.75) is 12.5 Å². The summed E-state index contributed by atoms with van der Waals surface area (Å²) in [6.45, 7) is 2.04. The van der Waals surface area contributed by atoms with Crippen LogP contribution in [0.1, 0.15) is 12.0 Å². The molecule has 4 rings (SSSR count). The zero-order valence-corrected chi connectivity index (χ0v) is 18.3. The van der Waals surface area contributed by atoms with E-state index in [1.54, 1.807) is 24.5 Å². The van der Waals surface area contributed by atoms with Gasteiger partial charge in [-0.15, -0.1) is 0 Å². The van der Waals surface area contributed by atoms with Gasteiger partial charge in [-0.1, -0.05) is 23.5 Å². The first-order valence-corrected chi connectivity index (χ1v) is 10.8. The third-order valence-electron chi connectivity index (χ3n) is 5.35. The van der Waals surface area contributed by atoms with E-state index in [1.807, 2.05) is 42.5 Å². The quantitative estimate of drug-likeness (QED) is 0.606. The van der Waals surface area contributed by atoms with E-state index in [1.165, 1.54) is 6.08 Å². The van der Waals surface area contributed by atoms with Gasteiger partial charge in [0.25, 0.3) is 0 Å². The third-order valence-corrected chi connectivity index (χ3v) is 6.43. The Kier molecular flexibility index (Phi) is 6.01. The number of hydrogen-bond acceptors (Lipinski definition) is 6. The highest BCUT2D eigenvalue weighted by atomic mass is 32.1. The van der Waals surface area contributed by atoms with Gasteiger partial charge in [0.1, 0.15) is 5.75 Å².